The zero-order chi connectivity index (χ0) is 16.8. The van der Waals surface area contributed by atoms with Crippen molar-refractivity contribution in [2.24, 2.45) is 0 Å². The van der Waals surface area contributed by atoms with Crippen LogP contribution in [0.15, 0.2) is 24.3 Å². The Kier molecular flexibility index (Phi) is 5.58. The van der Waals surface area contributed by atoms with Crippen LogP contribution in [0.2, 0.25) is 0 Å². The standard InChI is InChI=1S/C17H22N4O2/c1-3-4-8-15-16(22)20(2)9-10-21(15)17(23)19-14-7-5-6-13(11-14)12-18/h5-7,11,15H,3-4,8-10H2,1-2H3,(H,19,23). The zero-order valence-corrected chi connectivity index (χ0v) is 13.6. The van der Waals surface area contributed by atoms with Gasteiger partial charge in [-0.2, -0.15) is 5.26 Å². The first kappa shape index (κ1) is 16.8. The largest absolute Gasteiger partial charge is 0.342 e. The predicted octanol–water partition coefficient (Wildman–Crippen LogP) is 2.42. The van der Waals surface area contributed by atoms with Crippen molar-refractivity contribution in [3.63, 3.8) is 0 Å². The molecule has 1 aliphatic heterocycles. The molecule has 1 unspecified atom stereocenters. The van der Waals surface area contributed by atoms with Crippen LogP contribution in [0.4, 0.5) is 10.5 Å². The number of piperazine rings is 1. The van der Waals surface area contributed by atoms with Crippen LogP contribution in [0.5, 0.6) is 0 Å². The van der Waals surface area contributed by atoms with Crippen molar-refractivity contribution in [1.82, 2.24) is 9.80 Å². The average molecular weight is 314 g/mol. The van der Waals surface area contributed by atoms with E-state index in [1.807, 2.05) is 6.07 Å². The van der Waals surface area contributed by atoms with Gasteiger partial charge >= 0.3 is 6.03 Å². The molecule has 23 heavy (non-hydrogen) atoms. The SMILES string of the molecule is CCCCC1C(=O)N(C)CCN1C(=O)Nc1cccc(C#N)c1. The molecule has 1 aromatic rings. The first-order valence-corrected chi connectivity index (χ1v) is 7.89. The molecule has 1 aromatic carbocycles. The Morgan fingerprint density at radius 1 is 1.43 bits per heavy atom. The molecule has 1 saturated heterocycles. The number of urea groups is 1. The minimum absolute atomic E-state index is 0.00868. The number of rotatable bonds is 4. The van der Waals surface area contributed by atoms with Crippen molar-refractivity contribution < 1.29 is 9.59 Å². The van der Waals surface area contributed by atoms with E-state index < -0.39 is 6.04 Å². The number of carbonyl (C=O) groups is 2. The number of nitriles is 1. The van der Waals surface area contributed by atoms with Gasteiger partial charge in [0.1, 0.15) is 6.04 Å². The average Bonchev–Trinajstić information content (AvgIpc) is 2.56. The molecule has 6 nitrogen and oxygen atoms in total. The van der Waals surface area contributed by atoms with Crippen LogP contribution < -0.4 is 5.32 Å². The third-order valence-electron chi connectivity index (χ3n) is 4.05. The van der Waals surface area contributed by atoms with Gasteiger partial charge in [0.15, 0.2) is 0 Å². The van der Waals surface area contributed by atoms with Crippen LogP contribution in [0.3, 0.4) is 0 Å². The van der Waals surface area contributed by atoms with Crippen LogP contribution in [0.25, 0.3) is 0 Å². The molecular weight excluding hydrogens is 292 g/mol. The second-order valence-corrected chi connectivity index (χ2v) is 5.73. The second kappa shape index (κ2) is 7.63. The van der Waals surface area contributed by atoms with E-state index in [0.717, 1.165) is 12.8 Å². The number of benzene rings is 1. The maximum atomic E-state index is 12.6. The highest BCUT2D eigenvalue weighted by atomic mass is 16.2. The van der Waals surface area contributed by atoms with E-state index in [1.165, 1.54) is 0 Å². The molecule has 1 fully saturated rings. The molecule has 0 aromatic heterocycles. The molecule has 122 valence electrons. The Labute approximate surface area is 136 Å². The van der Waals surface area contributed by atoms with Crippen molar-refractivity contribution >= 4 is 17.6 Å². The molecule has 0 bridgehead atoms. The van der Waals surface area contributed by atoms with E-state index in [0.29, 0.717) is 30.8 Å². The fourth-order valence-corrected chi connectivity index (χ4v) is 2.69. The smallest absolute Gasteiger partial charge is 0.322 e. The van der Waals surface area contributed by atoms with E-state index in [4.69, 9.17) is 5.26 Å². The summed E-state index contributed by atoms with van der Waals surface area (Å²) in [5, 5.41) is 11.7. The quantitative estimate of drug-likeness (QED) is 0.927. The summed E-state index contributed by atoms with van der Waals surface area (Å²) in [6.07, 6.45) is 2.55. The molecule has 1 aliphatic rings. The van der Waals surface area contributed by atoms with Gasteiger partial charge in [-0.3, -0.25) is 4.79 Å². The normalized spacial score (nSPS) is 17.8. The van der Waals surface area contributed by atoms with Crippen molar-refractivity contribution in [3.8, 4) is 6.07 Å². The third kappa shape index (κ3) is 4.01. The number of anilines is 1. The highest BCUT2D eigenvalue weighted by Gasteiger charge is 2.35. The predicted molar refractivity (Wildman–Crippen MR) is 87.8 cm³/mol. The van der Waals surface area contributed by atoms with E-state index in [-0.39, 0.29) is 11.9 Å². The number of carbonyl (C=O) groups excluding carboxylic acids is 2. The van der Waals surface area contributed by atoms with Crippen molar-refractivity contribution in [2.45, 2.75) is 32.2 Å². The number of nitrogens with one attached hydrogen (secondary N) is 1. The summed E-state index contributed by atoms with van der Waals surface area (Å²) >= 11 is 0. The van der Waals surface area contributed by atoms with Gasteiger partial charge in [0, 0.05) is 25.8 Å². The molecule has 0 saturated carbocycles. The lowest BCUT2D eigenvalue weighted by Gasteiger charge is -2.39. The topological polar surface area (TPSA) is 76.4 Å². The highest BCUT2D eigenvalue weighted by molar-refractivity contribution is 5.94. The van der Waals surface area contributed by atoms with Crippen molar-refractivity contribution in [3.05, 3.63) is 29.8 Å². The first-order valence-electron chi connectivity index (χ1n) is 7.89. The first-order chi connectivity index (χ1) is 11.1. The number of nitrogens with zero attached hydrogens (tertiary/aromatic N) is 3. The monoisotopic (exact) mass is 314 g/mol. The summed E-state index contributed by atoms with van der Waals surface area (Å²) < 4.78 is 0. The lowest BCUT2D eigenvalue weighted by Crippen LogP contribution is -2.58. The Hall–Kier alpha value is -2.55. The molecule has 3 amide bonds. The maximum absolute atomic E-state index is 12.6. The van der Waals surface area contributed by atoms with Gasteiger partial charge in [-0.05, 0) is 24.6 Å². The number of hydrogen-bond donors (Lipinski definition) is 1. The highest BCUT2D eigenvalue weighted by Crippen LogP contribution is 2.18. The van der Waals surface area contributed by atoms with Crippen LogP contribution in [0.1, 0.15) is 31.7 Å². The fourth-order valence-electron chi connectivity index (χ4n) is 2.69. The fraction of sp³-hybridized carbons (Fsp3) is 0.471. The summed E-state index contributed by atoms with van der Waals surface area (Å²) in [4.78, 5) is 28.2. The van der Waals surface area contributed by atoms with Crippen LogP contribution in [0, 0.1) is 11.3 Å². The lowest BCUT2D eigenvalue weighted by molar-refractivity contribution is -0.138. The number of likely N-dealkylation sites (N-methyl/N-ethyl adjacent to an activating group) is 1. The Morgan fingerprint density at radius 3 is 2.91 bits per heavy atom. The minimum atomic E-state index is -0.409. The molecule has 1 N–H and O–H groups in total. The van der Waals surface area contributed by atoms with Crippen LogP contribution in [-0.2, 0) is 4.79 Å². The lowest BCUT2D eigenvalue weighted by atomic mass is 10.0. The number of amides is 3. The van der Waals surface area contributed by atoms with Gasteiger partial charge < -0.3 is 15.1 Å². The second-order valence-electron chi connectivity index (χ2n) is 5.73. The Balaban J connectivity index is 2.11. The van der Waals surface area contributed by atoms with E-state index in [9.17, 15) is 9.59 Å². The summed E-state index contributed by atoms with van der Waals surface area (Å²) in [7, 11) is 1.77. The van der Waals surface area contributed by atoms with Crippen LogP contribution in [-0.4, -0.2) is 47.9 Å². The molecule has 0 aliphatic carbocycles. The summed E-state index contributed by atoms with van der Waals surface area (Å²) in [6, 6.07) is 8.10. The van der Waals surface area contributed by atoms with Gasteiger partial charge in [-0.15, -0.1) is 0 Å². The molecule has 1 atom stereocenters. The van der Waals surface area contributed by atoms with E-state index in [2.05, 4.69) is 12.2 Å². The number of hydrogen-bond acceptors (Lipinski definition) is 3. The molecular formula is C17H22N4O2. The summed E-state index contributed by atoms with van der Waals surface area (Å²) in [5.74, 6) is -0.00868. The Bertz CT molecular complexity index is 623. The van der Waals surface area contributed by atoms with Gasteiger partial charge in [-0.1, -0.05) is 25.8 Å². The van der Waals surface area contributed by atoms with Gasteiger partial charge in [0.25, 0.3) is 0 Å². The zero-order valence-electron chi connectivity index (χ0n) is 13.6. The minimum Gasteiger partial charge on any atom is -0.342 e. The Morgan fingerprint density at radius 2 is 2.22 bits per heavy atom. The van der Waals surface area contributed by atoms with Crippen molar-refractivity contribution in [1.29, 1.82) is 5.26 Å². The third-order valence-corrected chi connectivity index (χ3v) is 4.05. The summed E-state index contributed by atoms with van der Waals surface area (Å²) in [5.41, 5.74) is 1.05. The van der Waals surface area contributed by atoms with Crippen LogP contribution >= 0.6 is 0 Å². The maximum Gasteiger partial charge on any atom is 0.322 e. The molecule has 6 heteroatoms. The van der Waals surface area contributed by atoms with Gasteiger partial charge in [0.05, 0.1) is 11.6 Å². The van der Waals surface area contributed by atoms with E-state index >= 15 is 0 Å². The molecule has 0 spiro atoms. The van der Waals surface area contributed by atoms with Crippen molar-refractivity contribution in [2.75, 3.05) is 25.5 Å². The molecule has 0 radical (unpaired) electrons. The van der Waals surface area contributed by atoms with Gasteiger partial charge in [-0.25, -0.2) is 4.79 Å². The van der Waals surface area contributed by atoms with E-state index in [1.54, 1.807) is 41.1 Å². The molecule has 1 heterocycles. The summed E-state index contributed by atoms with van der Waals surface area (Å²) in [6.45, 7) is 3.11. The number of unbranched alkanes of at least 4 members (excludes halogenated alkanes) is 1. The van der Waals surface area contributed by atoms with Gasteiger partial charge in [0.2, 0.25) is 5.91 Å². The molecule has 2 rings (SSSR count).